The Balaban J connectivity index is 1.83. The van der Waals surface area contributed by atoms with Crippen LogP contribution in [-0.4, -0.2) is 31.8 Å². The predicted octanol–water partition coefficient (Wildman–Crippen LogP) is 2.00. The molecule has 0 aromatic carbocycles. The van der Waals surface area contributed by atoms with E-state index in [9.17, 15) is 4.79 Å². The molecule has 1 amide bonds. The summed E-state index contributed by atoms with van der Waals surface area (Å²) in [5.41, 5.74) is 0. The largest absolute Gasteiger partial charge is 0.310 e. The molecule has 0 spiro atoms. The number of aromatic amines is 1. The molecule has 0 saturated carbocycles. The molecule has 0 aliphatic rings. The molecule has 94 valence electrons. The highest BCUT2D eigenvalue weighted by molar-refractivity contribution is 9.10. The van der Waals surface area contributed by atoms with Crippen LogP contribution in [0.1, 0.15) is 5.82 Å². The Morgan fingerprint density at radius 3 is 3.00 bits per heavy atom. The molecule has 0 radical (unpaired) electrons. The zero-order valence-corrected chi connectivity index (χ0v) is 11.9. The summed E-state index contributed by atoms with van der Waals surface area (Å²) in [5.74, 6) is 1.36. The summed E-state index contributed by atoms with van der Waals surface area (Å²) in [4.78, 5) is 19.8. The second-order valence-corrected chi connectivity index (χ2v) is 5.26. The van der Waals surface area contributed by atoms with E-state index in [0.717, 1.165) is 10.3 Å². The third-order valence-corrected chi connectivity index (χ3v) is 3.22. The van der Waals surface area contributed by atoms with Crippen LogP contribution in [0.3, 0.4) is 0 Å². The Kier molecular flexibility index (Phi) is 4.32. The molecule has 2 rings (SSSR count). The van der Waals surface area contributed by atoms with Crippen LogP contribution in [-0.2, 0) is 4.79 Å². The lowest BCUT2D eigenvalue weighted by molar-refractivity contribution is -0.113. The fraction of sp³-hybridized carbons (Fsp3) is 0.200. The Morgan fingerprint density at radius 2 is 2.39 bits per heavy atom. The summed E-state index contributed by atoms with van der Waals surface area (Å²) >= 11 is 4.55. The molecule has 0 aliphatic carbocycles. The maximum absolute atomic E-state index is 11.6. The van der Waals surface area contributed by atoms with E-state index in [1.54, 1.807) is 12.3 Å². The summed E-state index contributed by atoms with van der Waals surface area (Å²) in [6.45, 7) is 1.81. The van der Waals surface area contributed by atoms with Gasteiger partial charge in [-0.25, -0.2) is 9.97 Å². The lowest BCUT2D eigenvalue weighted by atomic mass is 10.4. The van der Waals surface area contributed by atoms with E-state index in [-0.39, 0.29) is 11.7 Å². The number of H-pyrrole nitrogens is 1. The van der Waals surface area contributed by atoms with Crippen LogP contribution in [0.2, 0.25) is 0 Å². The summed E-state index contributed by atoms with van der Waals surface area (Å²) in [6, 6.07) is 3.54. The van der Waals surface area contributed by atoms with E-state index in [1.807, 2.05) is 13.0 Å². The number of hydrogen-bond donors (Lipinski definition) is 2. The van der Waals surface area contributed by atoms with E-state index >= 15 is 0 Å². The first-order chi connectivity index (χ1) is 8.63. The Bertz CT molecular complexity index is 541. The number of amides is 1. The maximum atomic E-state index is 11.6. The SMILES string of the molecule is Cc1nc(SCC(=O)Nc2ccc(Br)cn2)n[nH]1. The van der Waals surface area contributed by atoms with Crippen LogP contribution in [0.5, 0.6) is 0 Å². The normalized spacial score (nSPS) is 10.3. The van der Waals surface area contributed by atoms with E-state index < -0.39 is 0 Å². The zero-order chi connectivity index (χ0) is 13.0. The molecular weight excluding hydrogens is 318 g/mol. The number of rotatable bonds is 4. The van der Waals surface area contributed by atoms with Crippen molar-refractivity contribution in [3.05, 3.63) is 28.6 Å². The monoisotopic (exact) mass is 327 g/mol. The summed E-state index contributed by atoms with van der Waals surface area (Å²) in [6.07, 6.45) is 1.63. The molecule has 2 heterocycles. The molecule has 2 aromatic heterocycles. The van der Waals surface area contributed by atoms with Crippen LogP contribution < -0.4 is 5.32 Å². The highest BCUT2D eigenvalue weighted by Gasteiger charge is 2.07. The number of anilines is 1. The van der Waals surface area contributed by atoms with Gasteiger partial charge in [0.2, 0.25) is 11.1 Å². The van der Waals surface area contributed by atoms with Crippen molar-refractivity contribution < 1.29 is 4.79 Å². The topological polar surface area (TPSA) is 83.6 Å². The number of pyridine rings is 1. The molecule has 8 heteroatoms. The summed E-state index contributed by atoms with van der Waals surface area (Å²) in [5, 5.41) is 9.90. The van der Waals surface area contributed by atoms with Crippen LogP contribution >= 0.6 is 27.7 Å². The van der Waals surface area contributed by atoms with Gasteiger partial charge >= 0.3 is 0 Å². The lowest BCUT2D eigenvalue weighted by Gasteiger charge is -2.02. The third-order valence-electron chi connectivity index (χ3n) is 1.90. The summed E-state index contributed by atoms with van der Waals surface area (Å²) < 4.78 is 0.867. The minimum absolute atomic E-state index is 0.141. The number of halogens is 1. The van der Waals surface area contributed by atoms with Crippen LogP contribution in [0.15, 0.2) is 28.0 Å². The van der Waals surface area contributed by atoms with Crippen molar-refractivity contribution in [3.63, 3.8) is 0 Å². The molecule has 0 atom stereocenters. The van der Waals surface area contributed by atoms with Gasteiger partial charge in [-0.15, -0.1) is 5.10 Å². The van der Waals surface area contributed by atoms with Crippen molar-refractivity contribution in [1.29, 1.82) is 0 Å². The molecule has 0 fully saturated rings. The van der Waals surface area contributed by atoms with Crippen LogP contribution in [0, 0.1) is 6.92 Å². The Labute approximate surface area is 116 Å². The minimum atomic E-state index is -0.141. The number of thioether (sulfide) groups is 1. The van der Waals surface area contributed by atoms with Gasteiger partial charge in [-0.05, 0) is 35.0 Å². The van der Waals surface area contributed by atoms with Crippen molar-refractivity contribution in [2.45, 2.75) is 12.1 Å². The van der Waals surface area contributed by atoms with Crippen molar-refractivity contribution in [1.82, 2.24) is 20.2 Å². The molecule has 0 unspecified atom stereocenters. The zero-order valence-electron chi connectivity index (χ0n) is 9.48. The highest BCUT2D eigenvalue weighted by Crippen LogP contribution is 2.13. The molecular formula is C10H10BrN5OS. The van der Waals surface area contributed by atoms with Gasteiger partial charge in [0.1, 0.15) is 11.6 Å². The van der Waals surface area contributed by atoms with E-state index in [2.05, 4.69) is 41.4 Å². The molecule has 0 bridgehead atoms. The molecule has 18 heavy (non-hydrogen) atoms. The van der Waals surface area contributed by atoms with E-state index in [1.165, 1.54) is 11.8 Å². The number of nitrogens with one attached hydrogen (secondary N) is 2. The highest BCUT2D eigenvalue weighted by atomic mass is 79.9. The van der Waals surface area contributed by atoms with Gasteiger partial charge in [-0.1, -0.05) is 11.8 Å². The molecule has 2 aromatic rings. The number of carbonyl (C=O) groups excluding carboxylic acids is 1. The van der Waals surface area contributed by atoms with Crippen molar-refractivity contribution >= 4 is 39.4 Å². The quantitative estimate of drug-likeness (QED) is 0.839. The van der Waals surface area contributed by atoms with Crippen LogP contribution in [0.4, 0.5) is 5.82 Å². The number of nitrogens with zero attached hydrogens (tertiary/aromatic N) is 3. The van der Waals surface area contributed by atoms with Gasteiger partial charge in [0.25, 0.3) is 0 Å². The van der Waals surface area contributed by atoms with Crippen molar-refractivity contribution in [2.75, 3.05) is 11.1 Å². The standard InChI is InChI=1S/C10H10BrN5OS/c1-6-13-10(16-15-6)18-5-9(17)14-8-3-2-7(11)4-12-8/h2-4H,5H2,1H3,(H,12,14,17)(H,13,15,16). The third kappa shape index (κ3) is 3.81. The average Bonchev–Trinajstić information content (AvgIpc) is 2.76. The maximum Gasteiger partial charge on any atom is 0.236 e. The first kappa shape index (κ1) is 13.0. The van der Waals surface area contributed by atoms with Gasteiger partial charge in [0, 0.05) is 10.7 Å². The molecule has 2 N–H and O–H groups in total. The second-order valence-electron chi connectivity index (χ2n) is 3.40. The Hall–Kier alpha value is -1.41. The van der Waals surface area contributed by atoms with Crippen molar-refractivity contribution in [2.24, 2.45) is 0 Å². The molecule has 0 saturated heterocycles. The fourth-order valence-corrected chi connectivity index (χ4v) is 2.02. The number of carbonyl (C=O) groups is 1. The fourth-order valence-electron chi connectivity index (χ4n) is 1.15. The molecule has 0 aliphatic heterocycles. The smallest absolute Gasteiger partial charge is 0.236 e. The minimum Gasteiger partial charge on any atom is -0.310 e. The molecule has 6 nitrogen and oxygen atoms in total. The number of aryl methyl sites for hydroxylation is 1. The first-order valence-electron chi connectivity index (χ1n) is 5.07. The van der Waals surface area contributed by atoms with E-state index in [4.69, 9.17) is 0 Å². The predicted molar refractivity (Wildman–Crippen MR) is 72.4 cm³/mol. The van der Waals surface area contributed by atoms with E-state index in [0.29, 0.717) is 11.0 Å². The Morgan fingerprint density at radius 1 is 1.56 bits per heavy atom. The van der Waals surface area contributed by atoms with Gasteiger partial charge < -0.3 is 5.32 Å². The first-order valence-corrected chi connectivity index (χ1v) is 6.84. The number of aromatic nitrogens is 4. The summed E-state index contributed by atoms with van der Waals surface area (Å²) in [7, 11) is 0. The van der Waals surface area contributed by atoms with Gasteiger partial charge in [-0.2, -0.15) is 0 Å². The lowest BCUT2D eigenvalue weighted by Crippen LogP contribution is -2.14. The van der Waals surface area contributed by atoms with Gasteiger partial charge in [0.05, 0.1) is 5.75 Å². The van der Waals surface area contributed by atoms with Gasteiger partial charge in [-0.3, -0.25) is 9.89 Å². The van der Waals surface area contributed by atoms with Crippen LogP contribution in [0.25, 0.3) is 0 Å². The average molecular weight is 328 g/mol. The van der Waals surface area contributed by atoms with Crippen molar-refractivity contribution in [3.8, 4) is 0 Å². The van der Waals surface area contributed by atoms with Gasteiger partial charge in [0.15, 0.2) is 0 Å². The second kappa shape index (κ2) is 5.96. The number of hydrogen-bond acceptors (Lipinski definition) is 5.